The van der Waals surface area contributed by atoms with Crippen LogP contribution in [0.2, 0.25) is 0 Å². The fraction of sp³-hybridized carbons (Fsp3) is 0.500. The number of amides is 1. The van der Waals surface area contributed by atoms with Crippen molar-refractivity contribution in [2.45, 2.75) is 37.8 Å². The number of pyridine rings is 1. The molecule has 0 bridgehead atoms. The molecule has 0 aliphatic carbocycles. The molecular weight excluding hydrogens is 258 g/mol. The van der Waals surface area contributed by atoms with E-state index in [-0.39, 0.29) is 5.91 Å². The molecule has 0 spiro atoms. The second-order valence-corrected chi connectivity index (χ2v) is 5.05. The van der Waals surface area contributed by atoms with E-state index in [4.69, 9.17) is 5.73 Å². The summed E-state index contributed by atoms with van der Waals surface area (Å²) in [6, 6.07) is 2.16. The lowest BCUT2D eigenvalue weighted by Gasteiger charge is -2.34. The maximum absolute atomic E-state index is 12.3. The summed E-state index contributed by atoms with van der Waals surface area (Å²) in [5.74, 6) is -1.23. The smallest absolute Gasteiger partial charge is 0.326 e. The Morgan fingerprint density at radius 3 is 2.75 bits per heavy atom. The molecule has 1 aliphatic heterocycles. The van der Waals surface area contributed by atoms with Crippen molar-refractivity contribution in [3.8, 4) is 0 Å². The summed E-state index contributed by atoms with van der Waals surface area (Å²) in [4.78, 5) is 28.9. The van der Waals surface area contributed by atoms with E-state index in [2.05, 4.69) is 4.98 Å². The van der Waals surface area contributed by atoms with Crippen LogP contribution in [0.3, 0.4) is 0 Å². The Balaban J connectivity index is 2.03. The lowest BCUT2D eigenvalue weighted by Crippen LogP contribution is -2.54. The lowest BCUT2D eigenvalue weighted by atomic mass is 9.99. The minimum atomic E-state index is -0.950. The van der Waals surface area contributed by atoms with E-state index in [9.17, 15) is 14.7 Å². The van der Waals surface area contributed by atoms with Crippen LogP contribution in [0.4, 0.5) is 0 Å². The molecule has 1 amide bonds. The van der Waals surface area contributed by atoms with Gasteiger partial charge in [0.1, 0.15) is 6.04 Å². The van der Waals surface area contributed by atoms with Crippen LogP contribution in [0.5, 0.6) is 0 Å². The highest BCUT2D eigenvalue weighted by molar-refractivity contribution is 5.87. The first-order valence-corrected chi connectivity index (χ1v) is 6.77. The maximum atomic E-state index is 12.3. The number of nitrogens with zero attached hydrogens (tertiary/aromatic N) is 2. The van der Waals surface area contributed by atoms with Gasteiger partial charge in [-0.15, -0.1) is 0 Å². The van der Waals surface area contributed by atoms with E-state index in [1.165, 1.54) is 4.90 Å². The first kappa shape index (κ1) is 14.5. The lowest BCUT2D eigenvalue weighted by molar-refractivity contribution is -0.152. The Bertz CT molecular complexity index is 478. The first-order chi connectivity index (χ1) is 9.59. The molecule has 0 aromatic carbocycles. The second kappa shape index (κ2) is 6.47. The van der Waals surface area contributed by atoms with Crippen LogP contribution >= 0.6 is 0 Å². The van der Waals surface area contributed by atoms with E-state index in [0.717, 1.165) is 18.4 Å². The van der Waals surface area contributed by atoms with Gasteiger partial charge < -0.3 is 15.7 Å². The molecule has 0 unspecified atom stereocenters. The zero-order valence-corrected chi connectivity index (χ0v) is 11.2. The van der Waals surface area contributed by atoms with Gasteiger partial charge in [0.25, 0.3) is 0 Å². The normalized spacial score (nSPS) is 20.4. The summed E-state index contributed by atoms with van der Waals surface area (Å²) in [5, 5.41) is 9.19. The SMILES string of the molecule is N[C@@H](Cc1ccncc1)C(=O)N1CCCC[C@H]1C(=O)O. The Labute approximate surface area is 117 Å². The molecule has 1 aliphatic rings. The number of carboxylic acids is 1. The number of aliphatic carboxylic acids is 1. The Morgan fingerprint density at radius 2 is 2.10 bits per heavy atom. The van der Waals surface area contributed by atoms with Gasteiger partial charge in [-0.05, 0) is 43.4 Å². The second-order valence-electron chi connectivity index (χ2n) is 5.05. The maximum Gasteiger partial charge on any atom is 0.326 e. The first-order valence-electron chi connectivity index (χ1n) is 6.77. The van der Waals surface area contributed by atoms with Crippen LogP contribution < -0.4 is 5.73 Å². The van der Waals surface area contributed by atoms with E-state index in [0.29, 0.717) is 19.4 Å². The number of piperidine rings is 1. The summed E-state index contributed by atoms with van der Waals surface area (Å²) in [5.41, 5.74) is 6.86. The van der Waals surface area contributed by atoms with Gasteiger partial charge in [-0.25, -0.2) is 4.79 Å². The number of nitrogens with two attached hydrogens (primary N) is 1. The Morgan fingerprint density at radius 1 is 1.40 bits per heavy atom. The molecule has 3 N–H and O–H groups in total. The van der Waals surface area contributed by atoms with Crippen molar-refractivity contribution in [1.82, 2.24) is 9.88 Å². The minimum Gasteiger partial charge on any atom is -0.480 e. The predicted molar refractivity (Wildman–Crippen MR) is 72.9 cm³/mol. The molecular formula is C14H19N3O3. The molecule has 0 saturated carbocycles. The third-order valence-corrected chi connectivity index (χ3v) is 3.59. The molecule has 2 atom stereocenters. The summed E-state index contributed by atoms with van der Waals surface area (Å²) in [6.45, 7) is 0.472. The van der Waals surface area contributed by atoms with Crippen molar-refractivity contribution in [1.29, 1.82) is 0 Å². The van der Waals surface area contributed by atoms with Crippen LogP contribution in [-0.2, 0) is 16.0 Å². The minimum absolute atomic E-state index is 0.283. The van der Waals surface area contributed by atoms with E-state index in [1.807, 2.05) is 0 Å². The van der Waals surface area contributed by atoms with Crippen LogP contribution in [0, 0.1) is 0 Å². The van der Waals surface area contributed by atoms with Crippen LogP contribution in [-0.4, -0.2) is 45.5 Å². The molecule has 2 rings (SSSR count). The number of aromatic nitrogens is 1. The summed E-state index contributed by atoms with van der Waals surface area (Å²) < 4.78 is 0. The van der Waals surface area contributed by atoms with Crippen molar-refractivity contribution in [3.63, 3.8) is 0 Å². The monoisotopic (exact) mass is 277 g/mol. The molecule has 20 heavy (non-hydrogen) atoms. The zero-order valence-electron chi connectivity index (χ0n) is 11.2. The topological polar surface area (TPSA) is 96.5 Å². The van der Waals surface area contributed by atoms with Crippen molar-refractivity contribution in [2.24, 2.45) is 5.73 Å². The van der Waals surface area contributed by atoms with Gasteiger partial charge in [0, 0.05) is 18.9 Å². The predicted octanol–water partition coefficient (Wildman–Crippen LogP) is 0.417. The standard InChI is InChI=1S/C14H19N3O3/c15-11(9-10-4-6-16-7-5-10)13(18)17-8-2-1-3-12(17)14(19)20/h4-7,11-12H,1-3,8-9,15H2,(H,19,20)/t11-,12-/m0/s1. The van der Waals surface area contributed by atoms with Gasteiger partial charge in [0.05, 0.1) is 6.04 Å². The number of hydrogen-bond acceptors (Lipinski definition) is 4. The van der Waals surface area contributed by atoms with Gasteiger partial charge in [0.2, 0.25) is 5.91 Å². The molecule has 0 radical (unpaired) electrons. The molecule has 2 heterocycles. The average Bonchev–Trinajstić information content (AvgIpc) is 2.47. The Kier molecular flexibility index (Phi) is 4.68. The number of carboxylic acid groups (broad SMARTS) is 1. The number of carbonyl (C=O) groups is 2. The van der Waals surface area contributed by atoms with Gasteiger partial charge in [-0.2, -0.15) is 0 Å². The largest absolute Gasteiger partial charge is 0.480 e. The zero-order chi connectivity index (χ0) is 14.5. The van der Waals surface area contributed by atoms with Crippen molar-refractivity contribution >= 4 is 11.9 Å². The molecule has 6 heteroatoms. The molecule has 1 aromatic heterocycles. The highest BCUT2D eigenvalue weighted by atomic mass is 16.4. The van der Waals surface area contributed by atoms with Crippen LogP contribution in [0.1, 0.15) is 24.8 Å². The number of hydrogen-bond donors (Lipinski definition) is 2. The fourth-order valence-electron chi connectivity index (χ4n) is 2.53. The number of likely N-dealkylation sites (tertiary alicyclic amines) is 1. The van der Waals surface area contributed by atoms with E-state index < -0.39 is 18.1 Å². The summed E-state index contributed by atoms with van der Waals surface area (Å²) in [6.07, 6.45) is 5.85. The van der Waals surface area contributed by atoms with Crippen molar-refractivity contribution in [3.05, 3.63) is 30.1 Å². The van der Waals surface area contributed by atoms with Crippen LogP contribution in [0.25, 0.3) is 0 Å². The van der Waals surface area contributed by atoms with Gasteiger partial charge in [0.15, 0.2) is 0 Å². The molecule has 6 nitrogen and oxygen atoms in total. The highest BCUT2D eigenvalue weighted by Gasteiger charge is 2.34. The third kappa shape index (κ3) is 3.33. The molecule has 108 valence electrons. The van der Waals surface area contributed by atoms with E-state index >= 15 is 0 Å². The summed E-state index contributed by atoms with van der Waals surface area (Å²) >= 11 is 0. The van der Waals surface area contributed by atoms with Crippen molar-refractivity contribution < 1.29 is 14.7 Å². The highest BCUT2D eigenvalue weighted by Crippen LogP contribution is 2.18. The van der Waals surface area contributed by atoms with Gasteiger partial charge in [-0.3, -0.25) is 9.78 Å². The number of carbonyl (C=O) groups excluding carboxylic acids is 1. The molecule has 1 aromatic rings. The molecule has 1 saturated heterocycles. The van der Waals surface area contributed by atoms with E-state index in [1.54, 1.807) is 24.5 Å². The van der Waals surface area contributed by atoms with Crippen LogP contribution in [0.15, 0.2) is 24.5 Å². The number of rotatable bonds is 4. The van der Waals surface area contributed by atoms with Gasteiger partial charge >= 0.3 is 5.97 Å². The fourth-order valence-corrected chi connectivity index (χ4v) is 2.53. The Hall–Kier alpha value is -1.95. The molecule has 1 fully saturated rings. The summed E-state index contributed by atoms with van der Waals surface area (Å²) in [7, 11) is 0. The quantitative estimate of drug-likeness (QED) is 0.831. The van der Waals surface area contributed by atoms with Crippen molar-refractivity contribution in [2.75, 3.05) is 6.54 Å². The van der Waals surface area contributed by atoms with Gasteiger partial charge in [-0.1, -0.05) is 0 Å². The third-order valence-electron chi connectivity index (χ3n) is 3.59. The average molecular weight is 277 g/mol.